The molecule has 2 nitrogen and oxygen atoms in total. The molecule has 3 rings (SSSR count). The fraction of sp³-hybridized carbons (Fsp3) is 0.207. The second kappa shape index (κ2) is 12.4. The molecule has 0 fully saturated rings. The number of aryl methyl sites for hydroxylation is 1. The molecule has 0 spiro atoms. The SMILES string of the molecule is C=Cc1ccc(OCCCCCCc2ccc(C=CC(=O)c3ccc(F)cc3)cc2)cc1. The maximum atomic E-state index is 13.0. The molecule has 164 valence electrons. The summed E-state index contributed by atoms with van der Waals surface area (Å²) in [6.07, 6.45) is 10.7. The van der Waals surface area contributed by atoms with Crippen molar-refractivity contribution in [3.8, 4) is 5.75 Å². The molecule has 0 amide bonds. The summed E-state index contributed by atoms with van der Waals surface area (Å²) in [4.78, 5) is 12.1. The molecule has 0 unspecified atom stereocenters. The minimum atomic E-state index is -0.343. The van der Waals surface area contributed by atoms with E-state index in [1.165, 1.54) is 42.3 Å². The molecule has 0 bridgehead atoms. The van der Waals surface area contributed by atoms with Crippen LogP contribution < -0.4 is 4.74 Å². The van der Waals surface area contributed by atoms with Crippen LogP contribution in [0.3, 0.4) is 0 Å². The zero-order chi connectivity index (χ0) is 22.6. The van der Waals surface area contributed by atoms with Gasteiger partial charge in [0.15, 0.2) is 5.78 Å². The topological polar surface area (TPSA) is 26.3 Å². The largest absolute Gasteiger partial charge is 0.494 e. The first kappa shape index (κ1) is 23.2. The molecule has 0 aliphatic rings. The molecular formula is C29H29FO2. The van der Waals surface area contributed by atoms with Gasteiger partial charge in [0, 0.05) is 5.56 Å². The monoisotopic (exact) mass is 428 g/mol. The van der Waals surface area contributed by atoms with E-state index in [1.807, 2.05) is 42.5 Å². The van der Waals surface area contributed by atoms with Crippen LogP contribution in [0, 0.1) is 5.82 Å². The number of halogens is 1. The molecule has 32 heavy (non-hydrogen) atoms. The molecule has 0 aliphatic heterocycles. The summed E-state index contributed by atoms with van der Waals surface area (Å²) in [6.45, 7) is 4.49. The summed E-state index contributed by atoms with van der Waals surface area (Å²) < 4.78 is 18.7. The summed E-state index contributed by atoms with van der Waals surface area (Å²) in [5.74, 6) is 0.431. The first-order valence-electron chi connectivity index (χ1n) is 11.1. The Morgan fingerprint density at radius 1 is 0.812 bits per heavy atom. The number of unbranched alkanes of at least 4 members (excludes halogenated alkanes) is 3. The van der Waals surface area contributed by atoms with E-state index in [1.54, 1.807) is 6.08 Å². The number of ketones is 1. The van der Waals surface area contributed by atoms with Crippen LogP contribution in [0.5, 0.6) is 5.75 Å². The number of ether oxygens (including phenoxy) is 1. The summed E-state index contributed by atoms with van der Waals surface area (Å²) in [6, 6.07) is 21.8. The van der Waals surface area contributed by atoms with E-state index in [4.69, 9.17) is 4.74 Å². The van der Waals surface area contributed by atoms with Crippen molar-refractivity contribution in [3.63, 3.8) is 0 Å². The molecule has 0 saturated carbocycles. The number of benzene rings is 3. The van der Waals surface area contributed by atoms with Gasteiger partial charge < -0.3 is 4.74 Å². The zero-order valence-corrected chi connectivity index (χ0v) is 18.3. The van der Waals surface area contributed by atoms with Gasteiger partial charge in [-0.2, -0.15) is 0 Å². The van der Waals surface area contributed by atoms with E-state index in [9.17, 15) is 9.18 Å². The second-order valence-corrected chi connectivity index (χ2v) is 7.73. The Balaban J connectivity index is 1.31. The van der Waals surface area contributed by atoms with Crippen LogP contribution in [0.2, 0.25) is 0 Å². The molecule has 0 N–H and O–H groups in total. The van der Waals surface area contributed by atoms with Crippen molar-refractivity contribution in [2.45, 2.75) is 32.1 Å². The fourth-order valence-electron chi connectivity index (χ4n) is 3.35. The van der Waals surface area contributed by atoms with Crippen LogP contribution in [-0.2, 0) is 6.42 Å². The molecule has 0 radical (unpaired) electrons. The zero-order valence-electron chi connectivity index (χ0n) is 18.3. The van der Waals surface area contributed by atoms with E-state index in [0.29, 0.717) is 5.56 Å². The average Bonchev–Trinajstić information content (AvgIpc) is 2.83. The lowest BCUT2D eigenvalue weighted by molar-refractivity contribution is 0.104. The van der Waals surface area contributed by atoms with E-state index >= 15 is 0 Å². The van der Waals surface area contributed by atoms with Crippen molar-refractivity contribution < 1.29 is 13.9 Å². The van der Waals surface area contributed by atoms with Crippen LogP contribution in [0.4, 0.5) is 4.39 Å². The third kappa shape index (κ3) is 7.66. The van der Waals surface area contributed by atoms with E-state index in [2.05, 4.69) is 18.7 Å². The Labute approximate surface area is 190 Å². The normalized spacial score (nSPS) is 10.9. The Kier molecular flexibility index (Phi) is 9.00. The third-order valence-corrected chi connectivity index (χ3v) is 5.28. The maximum Gasteiger partial charge on any atom is 0.185 e. The first-order valence-corrected chi connectivity index (χ1v) is 11.1. The van der Waals surface area contributed by atoms with Crippen molar-refractivity contribution >= 4 is 17.9 Å². The molecule has 3 aromatic rings. The smallest absolute Gasteiger partial charge is 0.185 e. The first-order chi connectivity index (χ1) is 15.6. The lowest BCUT2D eigenvalue weighted by atomic mass is 10.0. The van der Waals surface area contributed by atoms with E-state index in [-0.39, 0.29) is 11.6 Å². The van der Waals surface area contributed by atoms with E-state index < -0.39 is 0 Å². The molecule has 0 saturated heterocycles. The molecule has 3 aromatic carbocycles. The average molecular weight is 429 g/mol. The summed E-state index contributed by atoms with van der Waals surface area (Å²) >= 11 is 0. The standard InChI is InChI=1S/C29H29FO2/c1-2-23-12-19-28(20-13-23)32-22-6-4-3-5-7-24-8-10-25(11-9-24)14-21-29(31)26-15-17-27(30)18-16-26/h2,8-21H,1,3-7,22H2. The van der Waals surface area contributed by atoms with Crippen LogP contribution in [0.1, 0.15) is 52.7 Å². The highest BCUT2D eigenvalue weighted by atomic mass is 19.1. The Morgan fingerprint density at radius 3 is 2.16 bits per heavy atom. The lowest BCUT2D eigenvalue weighted by Gasteiger charge is -2.07. The van der Waals surface area contributed by atoms with Crippen LogP contribution in [0.15, 0.2) is 85.5 Å². The minimum absolute atomic E-state index is 0.133. The Morgan fingerprint density at radius 2 is 1.47 bits per heavy atom. The minimum Gasteiger partial charge on any atom is -0.494 e. The van der Waals surface area contributed by atoms with Gasteiger partial charge in [0.2, 0.25) is 0 Å². The van der Waals surface area contributed by atoms with Gasteiger partial charge in [0.1, 0.15) is 11.6 Å². The Bertz CT molecular complexity index is 1020. The predicted molar refractivity (Wildman–Crippen MR) is 130 cm³/mol. The number of carbonyl (C=O) groups is 1. The Hall–Kier alpha value is -3.46. The molecule has 0 aromatic heterocycles. The molecule has 0 aliphatic carbocycles. The second-order valence-electron chi connectivity index (χ2n) is 7.73. The van der Waals surface area contributed by atoms with Gasteiger partial charge in [-0.05, 0) is 78.4 Å². The highest BCUT2D eigenvalue weighted by Crippen LogP contribution is 2.15. The van der Waals surface area contributed by atoms with Crippen molar-refractivity contribution in [2.75, 3.05) is 6.61 Å². The van der Waals surface area contributed by atoms with Crippen LogP contribution >= 0.6 is 0 Å². The van der Waals surface area contributed by atoms with Gasteiger partial charge in [0.05, 0.1) is 6.61 Å². The van der Waals surface area contributed by atoms with Gasteiger partial charge in [-0.15, -0.1) is 0 Å². The third-order valence-electron chi connectivity index (χ3n) is 5.28. The lowest BCUT2D eigenvalue weighted by Crippen LogP contribution is -1.97. The van der Waals surface area contributed by atoms with Crippen molar-refractivity contribution in [1.82, 2.24) is 0 Å². The summed E-state index contributed by atoms with van der Waals surface area (Å²) in [7, 11) is 0. The highest BCUT2D eigenvalue weighted by molar-refractivity contribution is 6.06. The van der Waals surface area contributed by atoms with Crippen molar-refractivity contribution in [1.29, 1.82) is 0 Å². The van der Waals surface area contributed by atoms with Crippen molar-refractivity contribution in [2.24, 2.45) is 0 Å². The quantitative estimate of drug-likeness (QED) is 0.169. The summed E-state index contributed by atoms with van der Waals surface area (Å²) in [5, 5.41) is 0. The van der Waals surface area contributed by atoms with Crippen LogP contribution in [-0.4, -0.2) is 12.4 Å². The molecule has 0 heterocycles. The van der Waals surface area contributed by atoms with Gasteiger partial charge in [0.25, 0.3) is 0 Å². The highest BCUT2D eigenvalue weighted by Gasteiger charge is 2.02. The number of hydrogen-bond donors (Lipinski definition) is 0. The number of carbonyl (C=O) groups excluding carboxylic acids is 1. The van der Waals surface area contributed by atoms with Gasteiger partial charge in [-0.1, -0.05) is 68.0 Å². The molecular weight excluding hydrogens is 399 g/mol. The number of allylic oxidation sites excluding steroid dienone is 1. The van der Waals surface area contributed by atoms with E-state index in [0.717, 1.165) is 49.2 Å². The maximum absolute atomic E-state index is 13.0. The van der Waals surface area contributed by atoms with Crippen LogP contribution in [0.25, 0.3) is 12.2 Å². The van der Waals surface area contributed by atoms with Gasteiger partial charge in [-0.3, -0.25) is 4.79 Å². The van der Waals surface area contributed by atoms with Gasteiger partial charge >= 0.3 is 0 Å². The predicted octanol–water partition coefficient (Wildman–Crippen LogP) is 7.55. The number of hydrogen-bond acceptors (Lipinski definition) is 2. The van der Waals surface area contributed by atoms with Gasteiger partial charge in [-0.25, -0.2) is 4.39 Å². The molecule has 3 heteroatoms. The summed E-state index contributed by atoms with van der Waals surface area (Å²) in [5.41, 5.74) is 3.85. The number of rotatable bonds is 12. The van der Waals surface area contributed by atoms with Crippen molar-refractivity contribution in [3.05, 3.63) is 114 Å². The fourth-order valence-corrected chi connectivity index (χ4v) is 3.35. The molecule has 0 atom stereocenters.